The molecule has 0 atom stereocenters. The van der Waals surface area contributed by atoms with Crippen molar-refractivity contribution in [2.45, 2.75) is 37.0 Å². The van der Waals surface area contributed by atoms with Crippen LogP contribution in [0.3, 0.4) is 0 Å². The molecule has 1 saturated heterocycles. The van der Waals surface area contributed by atoms with Gasteiger partial charge in [0.2, 0.25) is 5.95 Å². The van der Waals surface area contributed by atoms with Crippen molar-refractivity contribution < 1.29 is 4.74 Å². The first kappa shape index (κ1) is 14.5. The molecule has 0 radical (unpaired) electrons. The second-order valence-electron chi connectivity index (χ2n) is 6.67. The molecule has 0 amide bonds. The van der Waals surface area contributed by atoms with E-state index in [1.807, 2.05) is 0 Å². The standard InChI is InChI=1S/C18H20N4OS/c19-24-15-10-12(9-11-5-8-23-17(11)15)16-13-3-1-4-14(13)20-18(21-16)22-6-2-7-22/h9-10H,1-8,19H2. The van der Waals surface area contributed by atoms with Crippen molar-refractivity contribution >= 4 is 17.9 Å². The average molecular weight is 340 g/mol. The zero-order valence-corrected chi connectivity index (χ0v) is 14.4. The maximum Gasteiger partial charge on any atom is 0.226 e. The average Bonchev–Trinajstić information content (AvgIpc) is 3.20. The quantitative estimate of drug-likeness (QED) is 0.867. The van der Waals surface area contributed by atoms with Crippen LogP contribution in [0.25, 0.3) is 11.3 Å². The number of benzene rings is 1. The number of anilines is 1. The summed E-state index contributed by atoms with van der Waals surface area (Å²) in [6.45, 7) is 2.88. The molecule has 5 rings (SSSR count). The first-order valence-corrected chi connectivity index (χ1v) is 9.53. The molecule has 1 aliphatic carbocycles. The van der Waals surface area contributed by atoms with E-state index in [9.17, 15) is 0 Å². The maximum atomic E-state index is 5.89. The van der Waals surface area contributed by atoms with Gasteiger partial charge in [-0.05, 0) is 55.3 Å². The molecule has 2 aliphatic heterocycles. The third-order valence-electron chi connectivity index (χ3n) is 5.21. The summed E-state index contributed by atoms with van der Waals surface area (Å²) in [6, 6.07) is 4.37. The van der Waals surface area contributed by atoms with Gasteiger partial charge in [-0.1, -0.05) is 0 Å². The van der Waals surface area contributed by atoms with Crippen LogP contribution < -0.4 is 14.8 Å². The molecule has 3 heterocycles. The summed E-state index contributed by atoms with van der Waals surface area (Å²) < 4.78 is 5.75. The van der Waals surface area contributed by atoms with E-state index in [1.165, 1.54) is 41.6 Å². The van der Waals surface area contributed by atoms with Crippen LogP contribution in [0.5, 0.6) is 5.75 Å². The summed E-state index contributed by atoms with van der Waals surface area (Å²) in [5.74, 6) is 1.86. The fourth-order valence-electron chi connectivity index (χ4n) is 3.81. The van der Waals surface area contributed by atoms with Gasteiger partial charge in [-0.15, -0.1) is 0 Å². The molecule has 0 spiro atoms. The van der Waals surface area contributed by atoms with Gasteiger partial charge in [0.25, 0.3) is 0 Å². The molecule has 124 valence electrons. The van der Waals surface area contributed by atoms with E-state index in [2.05, 4.69) is 17.0 Å². The third kappa shape index (κ3) is 2.20. The second-order valence-corrected chi connectivity index (χ2v) is 7.35. The molecule has 0 bridgehead atoms. The van der Waals surface area contributed by atoms with Crippen LogP contribution >= 0.6 is 11.9 Å². The highest BCUT2D eigenvalue weighted by Crippen LogP contribution is 2.40. The minimum Gasteiger partial charge on any atom is -0.492 e. The minimum atomic E-state index is 0.743. The van der Waals surface area contributed by atoms with Crippen molar-refractivity contribution in [2.24, 2.45) is 5.14 Å². The minimum absolute atomic E-state index is 0.743. The predicted octanol–water partition coefficient (Wildman–Crippen LogP) is 2.74. The number of ether oxygens (including phenoxy) is 1. The van der Waals surface area contributed by atoms with E-state index >= 15 is 0 Å². The number of nitrogens with zero attached hydrogens (tertiary/aromatic N) is 3. The van der Waals surface area contributed by atoms with E-state index in [1.54, 1.807) is 0 Å². The summed E-state index contributed by atoms with van der Waals surface area (Å²) in [4.78, 5) is 13.1. The van der Waals surface area contributed by atoms with Crippen LogP contribution in [0.1, 0.15) is 29.7 Å². The van der Waals surface area contributed by atoms with Crippen molar-refractivity contribution in [3.63, 3.8) is 0 Å². The lowest BCUT2D eigenvalue weighted by molar-refractivity contribution is 0.350. The molecule has 0 unspecified atom stereocenters. The van der Waals surface area contributed by atoms with Crippen molar-refractivity contribution in [3.8, 4) is 17.0 Å². The lowest BCUT2D eigenvalue weighted by Gasteiger charge is -2.31. The van der Waals surface area contributed by atoms with E-state index in [0.29, 0.717) is 0 Å². The van der Waals surface area contributed by atoms with Crippen LogP contribution in [0.15, 0.2) is 17.0 Å². The summed E-state index contributed by atoms with van der Waals surface area (Å²) in [5, 5.41) is 5.89. The van der Waals surface area contributed by atoms with Crippen molar-refractivity contribution in [1.82, 2.24) is 9.97 Å². The summed E-state index contributed by atoms with van der Waals surface area (Å²) in [5.41, 5.74) is 6.07. The Labute approximate surface area is 145 Å². The Morgan fingerprint density at radius 1 is 1.08 bits per heavy atom. The Kier molecular flexibility index (Phi) is 3.41. The van der Waals surface area contributed by atoms with Gasteiger partial charge in [0, 0.05) is 36.3 Å². The number of aromatic nitrogens is 2. The molecule has 1 aromatic heterocycles. The molecule has 24 heavy (non-hydrogen) atoms. The van der Waals surface area contributed by atoms with Crippen LogP contribution in [0.4, 0.5) is 5.95 Å². The van der Waals surface area contributed by atoms with Crippen molar-refractivity contribution in [3.05, 3.63) is 29.0 Å². The fraction of sp³-hybridized carbons (Fsp3) is 0.444. The Balaban J connectivity index is 1.67. The number of fused-ring (bicyclic) bond motifs is 2. The maximum absolute atomic E-state index is 5.89. The van der Waals surface area contributed by atoms with Crippen LogP contribution in [0.2, 0.25) is 0 Å². The summed E-state index contributed by atoms with van der Waals surface area (Å²) in [6.07, 6.45) is 5.50. The van der Waals surface area contributed by atoms with Crippen LogP contribution in [-0.4, -0.2) is 29.7 Å². The van der Waals surface area contributed by atoms with Gasteiger partial charge >= 0.3 is 0 Å². The third-order valence-corrected chi connectivity index (χ3v) is 5.77. The van der Waals surface area contributed by atoms with E-state index < -0.39 is 0 Å². The van der Waals surface area contributed by atoms with Gasteiger partial charge in [-0.25, -0.2) is 9.97 Å². The highest BCUT2D eigenvalue weighted by Gasteiger charge is 2.26. The largest absolute Gasteiger partial charge is 0.492 e. The topological polar surface area (TPSA) is 64.3 Å². The van der Waals surface area contributed by atoms with Gasteiger partial charge in [0.1, 0.15) is 5.75 Å². The summed E-state index contributed by atoms with van der Waals surface area (Å²) >= 11 is 1.26. The number of aryl methyl sites for hydroxylation is 1. The van der Waals surface area contributed by atoms with Crippen molar-refractivity contribution in [1.29, 1.82) is 0 Å². The SMILES string of the molecule is NSc1cc(-c2nc(N3CCC3)nc3c2CCC3)cc2c1OCC2. The molecule has 5 nitrogen and oxygen atoms in total. The Bertz CT molecular complexity index is 819. The molecule has 3 aliphatic rings. The molecular weight excluding hydrogens is 320 g/mol. The van der Waals surface area contributed by atoms with Gasteiger partial charge in [-0.3, -0.25) is 5.14 Å². The normalized spacial score (nSPS) is 18.1. The fourth-order valence-corrected chi connectivity index (χ4v) is 4.30. The molecule has 6 heteroatoms. The molecule has 2 N–H and O–H groups in total. The van der Waals surface area contributed by atoms with E-state index in [0.717, 1.165) is 66.8 Å². The Morgan fingerprint density at radius 3 is 2.79 bits per heavy atom. The molecule has 2 aromatic rings. The molecular formula is C18H20N4OS. The Morgan fingerprint density at radius 2 is 2.00 bits per heavy atom. The van der Waals surface area contributed by atoms with Gasteiger partial charge in [0.15, 0.2) is 0 Å². The van der Waals surface area contributed by atoms with Crippen molar-refractivity contribution in [2.75, 3.05) is 24.6 Å². The van der Waals surface area contributed by atoms with E-state index in [-0.39, 0.29) is 0 Å². The lowest BCUT2D eigenvalue weighted by atomic mass is 10.0. The zero-order valence-electron chi connectivity index (χ0n) is 13.5. The van der Waals surface area contributed by atoms with Crippen LogP contribution in [0, 0.1) is 0 Å². The lowest BCUT2D eigenvalue weighted by Crippen LogP contribution is -2.38. The van der Waals surface area contributed by atoms with Gasteiger partial charge in [-0.2, -0.15) is 0 Å². The smallest absolute Gasteiger partial charge is 0.226 e. The monoisotopic (exact) mass is 340 g/mol. The Hall–Kier alpha value is -1.79. The molecule has 1 aromatic carbocycles. The van der Waals surface area contributed by atoms with E-state index in [4.69, 9.17) is 19.8 Å². The zero-order chi connectivity index (χ0) is 16.1. The molecule has 0 saturated carbocycles. The van der Waals surface area contributed by atoms with Gasteiger partial charge in [0.05, 0.1) is 17.2 Å². The number of rotatable bonds is 3. The first-order valence-electron chi connectivity index (χ1n) is 8.65. The van der Waals surface area contributed by atoms with Gasteiger partial charge < -0.3 is 9.64 Å². The first-order chi connectivity index (χ1) is 11.8. The summed E-state index contributed by atoms with van der Waals surface area (Å²) in [7, 11) is 0. The number of hydrogen-bond acceptors (Lipinski definition) is 6. The number of nitrogens with two attached hydrogens (primary N) is 1. The second kappa shape index (κ2) is 5.63. The molecule has 1 fully saturated rings. The highest BCUT2D eigenvalue weighted by molar-refractivity contribution is 7.97. The van der Waals surface area contributed by atoms with Crippen LogP contribution in [-0.2, 0) is 19.3 Å². The number of hydrogen-bond donors (Lipinski definition) is 1. The highest BCUT2D eigenvalue weighted by atomic mass is 32.2. The predicted molar refractivity (Wildman–Crippen MR) is 95.6 cm³/mol.